The summed E-state index contributed by atoms with van der Waals surface area (Å²) in [7, 11) is 1.72. The largest absolute Gasteiger partial charge is 0.459 e. The van der Waals surface area contributed by atoms with Crippen LogP contribution in [0.15, 0.2) is 76.5 Å². The molecule has 0 radical (unpaired) electrons. The third-order valence-corrected chi connectivity index (χ3v) is 3.80. The highest BCUT2D eigenvalue weighted by Gasteiger charge is 2.08. The number of carbonyl (C=O) groups excluding carboxylic acids is 1. The van der Waals surface area contributed by atoms with Crippen LogP contribution in [0.1, 0.15) is 21.8 Å². The summed E-state index contributed by atoms with van der Waals surface area (Å²) in [5, 5.41) is 9.26. The quantitative estimate of drug-likeness (QED) is 0.463. The van der Waals surface area contributed by atoms with Gasteiger partial charge in [-0.2, -0.15) is 0 Å². The molecule has 0 saturated heterocycles. The summed E-state index contributed by atoms with van der Waals surface area (Å²) in [5.41, 5.74) is 2.71. The Balaban J connectivity index is 1.48. The first kappa shape index (κ1) is 18.2. The van der Waals surface area contributed by atoms with Crippen molar-refractivity contribution in [2.75, 3.05) is 12.4 Å². The van der Waals surface area contributed by atoms with Gasteiger partial charge in [-0.05, 0) is 42.0 Å². The van der Waals surface area contributed by atoms with Crippen molar-refractivity contribution in [3.05, 3.63) is 84.1 Å². The molecule has 1 aromatic carbocycles. The van der Waals surface area contributed by atoms with Crippen LogP contribution in [0.5, 0.6) is 0 Å². The van der Waals surface area contributed by atoms with Crippen LogP contribution in [0.2, 0.25) is 0 Å². The first-order valence-electron chi connectivity index (χ1n) is 8.53. The highest BCUT2D eigenvalue weighted by atomic mass is 16.3. The first-order valence-corrected chi connectivity index (χ1v) is 8.53. The Morgan fingerprint density at radius 2 is 1.85 bits per heavy atom. The Hall–Kier alpha value is -3.61. The number of amides is 1. The minimum Gasteiger partial charge on any atom is -0.459 e. The monoisotopic (exact) mass is 363 g/mol. The van der Waals surface area contributed by atoms with E-state index in [4.69, 9.17) is 4.42 Å². The van der Waals surface area contributed by atoms with Crippen LogP contribution in [0.3, 0.4) is 0 Å². The van der Waals surface area contributed by atoms with Gasteiger partial charge in [-0.25, -0.2) is 0 Å². The van der Waals surface area contributed by atoms with Crippen LogP contribution in [-0.4, -0.2) is 23.9 Å². The molecule has 0 unspecified atom stereocenters. The molecule has 3 N–H and O–H groups in total. The Kier molecular flexibility index (Phi) is 6.19. The van der Waals surface area contributed by atoms with Crippen LogP contribution in [0.4, 0.5) is 5.69 Å². The third-order valence-electron chi connectivity index (χ3n) is 3.80. The minimum absolute atomic E-state index is 0.273. The molecule has 3 rings (SSSR count). The standard InChI is InChI=1S/C20H21N5O2/c1-21-20(24-14-17-5-2-3-11-22-17)23-13-15-7-9-16(10-8-15)25-19(26)18-6-4-12-27-18/h2-12H,13-14H2,1H3,(H,25,26)(H2,21,23,24). The second kappa shape index (κ2) is 9.19. The molecule has 2 heterocycles. The van der Waals surface area contributed by atoms with Gasteiger partial charge in [0.1, 0.15) is 0 Å². The van der Waals surface area contributed by atoms with E-state index in [9.17, 15) is 4.79 Å². The van der Waals surface area contributed by atoms with Crippen molar-refractivity contribution < 1.29 is 9.21 Å². The molecule has 0 aliphatic carbocycles. The molecule has 0 aliphatic heterocycles. The van der Waals surface area contributed by atoms with E-state index in [0.29, 0.717) is 24.7 Å². The average Bonchev–Trinajstić information content (AvgIpc) is 3.25. The van der Waals surface area contributed by atoms with Crippen molar-refractivity contribution in [2.24, 2.45) is 4.99 Å². The molecule has 7 nitrogen and oxygen atoms in total. The van der Waals surface area contributed by atoms with Crippen molar-refractivity contribution in [3.63, 3.8) is 0 Å². The van der Waals surface area contributed by atoms with E-state index >= 15 is 0 Å². The first-order chi connectivity index (χ1) is 13.2. The maximum atomic E-state index is 12.0. The molecule has 138 valence electrons. The zero-order chi connectivity index (χ0) is 18.9. The van der Waals surface area contributed by atoms with Gasteiger partial charge >= 0.3 is 0 Å². The molecule has 27 heavy (non-hydrogen) atoms. The highest BCUT2D eigenvalue weighted by molar-refractivity contribution is 6.02. The predicted octanol–water partition coefficient (Wildman–Crippen LogP) is 2.79. The Morgan fingerprint density at radius 3 is 2.52 bits per heavy atom. The number of aromatic nitrogens is 1. The summed E-state index contributed by atoms with van der Waals surface area (Å²) < 4.78 is 5.08. The van der Waals surface area contributed by atoms with Crippen LogP contribution < -0.4 is 16.0 Å². The Bertz CT molecular complexity index is 875. The smallest absolute Gasteiger partial charge is 0.291 e. The van der Waals surface area contributed by atoms with E-state index in [1.54, 1.807) is 25.4 Å². The average molecular weight is 363 g/mol. The van der Waals surface area contributed by atoms with E-state index in [2.05, 4.69) is 25.9 Å². The lowest BCUT2D eigenvalue weighted by molar-refractivity contribution is 0.0996. The summed E-state index contributed by atoms with van der Waals surface area (Å²) in [5.74, 6) is 0.698. The molecule has 0 spiro atoms. The molecule has 1 amide bonds. The molecule has 0 aliphatic rings. The normalized spacial score (nSPS) is 11.1. The molecular weight excluding hydrogens is 342 g/mol. The number of carbonyl (C=O) groups is 1. The molecule has 0 bridgehead atoms. The van der Waals surface area contributed by atoms with Gasteiger partial charge in [0.05, 0.1) is 18.5 Å². The van der Waals surface area contributed by atoms with Crippen molar-refractivity contribution in [1.82, 2.24) is 15.6 Å². The molecule has 0 fully saturated rings. The summed E-state index contributed by atoms with van der Waals surface area (Å²) >= 11 is 0. The van der Waals surface area contributed by atoms with Gasteiger partial charge in [-0.15, -0.1) is 0 Å². The van der Waals surface area contributed by atoms with Gasteiger partial charge in [0.25, 0.3) is 5.91 Å². The number of hydrogen-bond acceptors (Lipinski definition) is 4. The minimum atomic E-state index is -0.273. The zero-order valence-corrected chi connectivity index (χ0v) is 15.0. The van der Waals surface area contributed by atoms with Crippen molar-refractivity contribution in [2.45, 2.75) is 13.1 Å². The molecule has 0 saturated carbocycles. The van der Waals surface area contributed by atoms with Crippen molar-refractivity contribution in [1.29, 1.82) is 0 Å². The maximum Gasteiger partial charge on any atom is 0.291 e. The predicted molar refractivity (Wildman–Crippen MR) is 104 cm³/mol. The van der Waals surface area contributed by atoms with Gasteiger partial charge < -0.3 is 20.4 Å². The number of rotatable bonds is 6. The maximum absolute atomic E-state index is 12.0. The second-order valence-electron chi connectivity index (χ2n) is 5.73. The number of aliphatic imine (C=N–C) groups is 1. The lowest BCUT2D eigenvalue weighted by Crippen LogP contribution is -2.36. The van der Waals surface area contributed by atoms with Crippen molar-refractivity contribution in [3.8, 4) is 0 Å². The number of nitrogens with one attached hydrogen (secondary N) is 3. The van der Waals surface area contributed by atoms with Crippen molar-refractivity contribution >= 4 is 17.6 Å². The number of furan rings is 1. The molecular formula is C20H21N5O2. The molecule has 3 aromatic rings. The lowest BCUT2D eigenvalue weighted by atomic mass is 10.2. The van der Waals surface area contributed by atoms with Gasteiger partial charge in [0, 0.05) is 25.5 Å². The van der Waals surface area contributed by atoms with Gasteiger partial charge in [0.15, 0.2) is 11.7 Å². The van der Waals surface area contributed by atoms with E-state index in [1.165, 1.54) is 6.26 Å². The van der Waals surface area contributed by atoms with E-state index < -0.39 is 0 Å². The van der Waals surface area contributed by atoms with Crippen LogP contribution >= 0.6 is 0 Å². The fraction of sp³-hybridized carbons (Fsp3) is 0.150. The van der Waals surface area contributed by atoms with Crippen LogP contribution in [0, 0.1) is 0 Å². The Morgan fingerprint density at radius 1 is 1.04 bits per heavy atom. The van der Waals surface area contributed by atoms with E-state index in [1.807, 2.05) is 42.5 Å². The lowest BCUT2D eigenvalue weighted by Gasteiger charge is -2.12. The SMILES string of the molecule is CN=C(NCc1ccc(NC(=O)c2ccco2)cc1)NCc1ccccn1. The number of nitrogens with zero attached hydrogens (tertiary/aromatic N) is 2. The van der Waals surface area contributed by atoms with Gasteiger partial charge in [0.2, 0.25) is 0 Å². The molecule has 2 aromatic heterocycles. The summed E-state index contributed by atoms with van der Waals surface area (Å²) in [4.78, 5) is 20.4. The van der Waals surface area contributed by atoms with Gasteiger partial charge in [-0.3, -0.25) is 14.8 Å². The van der Waals surface area contributed by atoms with Crippen LogP contribution in [0.25, 0.3) is 0 Å². The zero-order valence-electron chi connectivity index (χ0n) is 15.0. The molecule has 0 atom stereocenters. The summed E-state index contributed by atoms with van der Waals surface area (Å²) in [6.45, 7) is 1.20. The summed E-state index contributed by atoms with van der Waals surface area (Å²) in [6.07, 6.45) is 3.23. The topological polar surface area (TPSA) is 91.5 Å². The second-order valence-corrected chi connectivity index (χ2v) is 5.73. The Labute approximate surface area is 157 Å². The van der Waals surface area contributed by atoms with E-state index in [-0.39, 0.29) is 11.7 Å². The molecule has 7 heteroatoms. The number of anilines is 1. The van der Waals surface area contributed by atoms with E-state index in [0.717, 1.165) is 11.3 Å². The van der Waals surface area contributed by atoms with Gasteiger partial charge in [-0.1, -0.05) is 18.2 Å². The fourth-order valence-electron chi connectivity index (χ4n) is 2.39. The number of guanidine groups is 1. The van der Waals surface area contributed by atoms with Crippen LogP contribution in [-0.2, 0) is 13.1 Å². The number of benzene rings is 1. The highest BCUT2D eigenvalue weighted by Crippen LogP contribution is 2.11. The number of hydrogen-bond donors (Lipinski definition) is 3. The number of pyridine rings is 1. The third kappa shape index (κ3) is 5.43. The fourth-order valence-corrected chi connectivity index (χ4v) is 2.39. The summed E-state index contributed by atoms with van der Waals surface area (Å²) in [6, 6.07) is 16.7.